The van der Waals surface area contributed by atoms with Gasteiger partial charge in [0.25, 0.3) is 0 Å². The summed E-state index contributed by atoms with van der Waals surface area (Å²) >= 11 is 5.05. The number of amides is 1. The predicted octanol–water partition coefficient (Wildman–Crippen LogP) is 0.371. The second kappa shape index (κ2) is 4.48. The van der Waals surface area contributed by atoms with Crippen molar-refractivity contribution in [2.75, 3.05) is 0 Å². The zero-order valence-corrected chi connectivity index (χ0v) is 8.74. The highest BCUT2D eigenvalue weighted by molar-refractivity contribution is 7.81. The van der Waals surface area contributed by atoms with E-state index >= 15 is 0 Å². The molecule has 0 radical (unpaired) electrons. The zero-order valence-electron chi connectivity index (χ0n) is 7.03. The molecule has 1 heterocycles. The van der Waals surface area contributed by atoms with Crippen molar-refractivity contribution in [2.24, 2.45) is 0 Å². The second-order valence-electron chi connectivity index (χ2n) is 2.57. The fourth-order valence-electron chi connectivity index (χ4n) is 0.731. The Morgan fingerprint density at radius 1 is 1.85 bits per heavy atom. The number of H-pyrrole nitrogens is 1. The molecule has 0 aliphatic heterocycles. The first-order valence-electron chi connectivity index (χ1n) is 3.72. The van der Waals surface area contributed by atoms with Crippen LogP contribution in [0.5, 0.6) is 0 Å². The Hall–Kier alpha value is -0.750. The molecule has 0 aromatic carbocycles. The Morgan fingerprint density at radius 2 is 2.54 bits per heavy atom. The minimum atomic E-state index is -0.328. The van der Waals surface area contributed by atoms with Crippen molar-refractivity contribution in [2.45, 2.75) is 18.7 Å². The van der Waals surface area contributed by atoms with Gasteiger partial charge >= 0.3 is 4.87 Å². The number of thiol groups is 1. The molecule has 72 valence electrons. The SMILES string of the molecule is CC(S)C(=O)NCc1csc(=O)[nH]1. The summed E-state index contributed by atoms with van der Waals surface area (Å²) in [6.07, 6.45) is 0. The van der Waals surface area contributed by atoms with Gasteiger partial charge < -0.3 is 10.3 Å². The fourth-order valence-corrected chi connectivity index (χ4v) is 1.40. The van der Waals surface area contributed by atoms with Crippen LogP contribution in [0.3, 0.4) is 0 Å². The van der Waals surface area contributed by atoms with Gasteiger partial charge in [0.15, 0.2) is 0 Å². The molecule has 1 unspecified atom stereocenters. The van der Waals surface area contributed by atoms with E-state index in [-0.39, 0.29) is 16.0 Å². The zero-order chi connectivity index (χ0) is 9.84. The standard InChI is InChI=1S/C7H10N2O2S2/c1-4(12)6(10)8-2-5-3-13-7(11)9-5/h3-4,12H,2H2,1H3,(H,8,10)(H,9,11). The normalized spacial score (nSPS) is 12.5. The third-order valence-electron chi connectivity index (χ3n) is 1.40. The molecular formula is C7H10N2O2S2. The molecule has 1 rings (SSSR count). The first kappa shape index (κ1) is 10.3. The van der Waals surface area contributed by atoms with Crippen LogP contribution in [0.1, 0.15) is 12.6 Å². The van der Waals surface area contributed by atoms with Crippen molar-refractivity contribution in [3.63, 3.8) is 0 Å². The van der Waals surface area contributed by atoms with Crippen molar-refractivity contribution in [3.05, 3.63) is 20.7 Å². The largest absolute Gasteiger partial charge is 0.350 e. The number of nitrogens with one attached hydrogen (secondary N) is 2. The number of carbonyl (C=O) groups excluding carboxylic acids is 1. The van der Waals surface area contributed by atoms with Gasteiger partial charge in [-0.1, -0.05) is 11.3 Å². The van der Waals surface area contributed by atoms with Crippen molar-refractivity contribution in [1.29, 1.82) is 0 Å². The van der Waals surface area contributed by atoms with Gasteiger partial charge in [-0.25, -0.2) is 0 Å². The van der Waals surface area contributed by atoms with Crippen LogP contribution >= 0.6 is 24.0 Å². The maximum Gasteiger partial charge on any atom is 0.304 e. The number of aromatic amines is 1. The molecule has 0 saturated heterocycles. The van der Waals surface area contributed by atoms with Gasteiger partial charge in [-0.2, -0.15) is 12.6 Å². The van der Waals surface area contributed by atoms with E-state index in [9.17, 15) is 9.59 Å². The number of thiazole rings is 1. The van der Waals surface area contributed by atoms with E-state index in [1.807, 2.05) is 0 Å². The van der Waals surface area contributed by atoms with E-state index in [1.165, 1.54) is 0 Å². The molecule has 0 spiro atoms. The van der Waals surface area contributed by atoms with Crippen LogP contribution in [0.2, 0.25) is 0 Å². The van der Waals surface area contributed by atoms with Gasteiger partial charge in [-0.15, -0.1) is 0 Å². The molecule has 13 heavy (non-hydrogen) atoms. The molecule has 1 amide bonds. The van der Waals surface area contributed by atoms with E-state index in [0.717, 1.165) is 17.0 Å². The Labute approximate surface area is 84.8 Å². The first-order chi connectivity index (χ1) is 6.09. The number of carbonyl (C=O) groups is 1. The highest BCUT2D eigenvalue weighted by Crippen LogP contribution is 1.96. The summed E-state index contributed by atoms with van der Waals surface area (Å²) in [5, 5.41) is 3.99. The highest BCUT2D eigenvalue weighted by atomic mass is 32.1. The summed E-state index contributed by atoms with van der Waals surface area (Å²) in [6, 6.07) is 0. The summed E-state index contributed by atoms with van der Waals surface area (Å²) < 4.78 is 0. The Kier molecular flexibility index (Phi) is 3.56. The Balaban J connectivity index is 2.44. The van der Waals surface area contributed by atoms with Crippen LogP contribution < -0.4 is 10.2 Å². The van der Waals surface area contributed by atoms with Crippen molar-refractivity contribution in [1.82, 2.24) is 10.3 Å². The molecule has 0 aliphatic carbocycles. The van der Waals surface area contributed by atoms with Gasteiger partial charge in [0, 0.05) is 11.1 Å². The Morgan fingerprint density at radius 3 is 3.00 bits per heavy atom. The molecule has 0 fully saturated rings. The van der Waals surface area contributed by atoms with Gasteiger partial charge in [0.1, 0.15) is 0 Å². The molecule has 1 aromatic rings. The smallest absolute Gasteiger partial charge is 0.304 e. The van der Waals surface area contributed by atoms with Crippen LogP contribution in [-0.2, 0) is 11.3 Å². The summed E-state index contributed by atoms with van der Waals surface area (Å²) in [5.74, 6) is -0.143. The fraction of sp³-hybridized carbons (Fsp3) is 0.429. The highest BCUT2D eigenvalue weighted by Gasteiger charge is 2.06. The second-order valence-corrected chi connectivity index (χ2v) is 4.18. The first-order valence-corrected chi connectivity index (χ1v) is 5.11. The van der Waals surface area contributed by atoms with E-state index in [0.29, 0.717) is 6.54 Å². The van der Waals surface area contributed by atoms with Crippen LogP contribution in [-0.4, -0.2) is 16.1 Å². The molecule has 4 nitrogen and oxygen atoms in total. The average molecular weight is 218 g/mol. The van der Waals surface area contributed by atoms with E-state index in [4.69, 9.17) is 0 Å². The summed E-state index contributed by atoms with van der Waals surface area (Å²) in [4.78, 5) is 24.2. The molecule has 0 aliphatic rings. The summed E-state index contributed by atoms with van der Waals surface area (Å²) in [5.41, 5.74) is 0.720. The monoisotopic (exact) mass is 218 g/mol. The number of hydrogen-bond donors (Lipinski definition) is 3. The number of rotatable bonds is 3. The molecule has 2 N–H and O–H groups in total. The van der Waals surface area contributed by atoms with Gasteiger partial charge in [0.2, 0.25) is 5.91 Å². The van der Waals surface area contributed by atoms with Crippen LogP contribution in [0.4, 0.5) is 0 Å². The lowest BCUT2D eigenvalue weighted by Crippen LogP contribution is -2.29. The van der Waals surface area contributed by atoms with E-state index in [1.54, 1.807) is 12.3 Å². The summed E-state index contributed by atoms with van der Waals surface area (Å²) in [7, 11) is 0. The minimum absolute atomic E-state index is 0.108. The summed E-state index contributed by atoms with van der Waals surface area (Å²) in [6.45, 7) is 2.04. The van der Waals surface area contributed by atoms with Crippen LogP contribution in [0, 0.1) is 0 Å². The third kappa shape index (κ3) is 3.23. The van der Waals surface area contributed by atoms with Gasteiger partial charge in [0.05, 0.1) is 11.8 Å². The molecule has 0 bridgehead atoms. The molecule has 0 saturated carbocycles. The lowest BCUT2D eigenvalue weighted by molar-refractivity contribution is -0.120. The lowest BCUT2D eigenvalue weighted by atomic mass is 10.4. The van der Waals surface area contributed by atoms with E-state index < -0.39 is 0 Å². The molecule has 6 heteroatoms. The maximum atomic E-state index is 11.0. The van der Waals surface area contributed by atoms with Crippen molar-refractivity contribution >= 4 is 29.9 Å². The molecule has 1 aromatic heterocycles. The maximum absolute atomic E-state index is 11.0. The van der Waals surface area contributed by atoms with Gasteiger partial charge in [-0.05, 0) is 6.92 Å². The molecular weight excluding hydrogens is 208 g/mol. The van der Waals surface area contributed by atoms with E-state index in [2.05, 4.69) is 22.9 Å². The number of aromatic nitrogens is 1. The van der Waals surface area contributed by atoms with Crippen LogP contribution in [0.25, 0.3) is 0 Å². The molecule has 1 atom stereocenters. The third-order valence-corrected chi connectivity index (χ3v) is 2.36. The topological polar surface area (TPSA) is 62.0 Å². The van der Waals surface area contributed by atoms with Crippen molar-refractivity contribution in [3.8, 4) is 0 Å². The predicted molar refractivity (Wildman–Crippen MR) is 55.2 cm³/mol. The average Bonchev–Trinajstić information content (AvgIpc) is 2.47. The number of hydrogen-bond acceptors (Lipinski definition) is 4. The van der Waals surface area contributed by atoms with Crippen molar-refractivity contribution < 1.29 is 4.79 Å². The quantitative estimate of drug-likeness (QED) is 0.642. The minimum Gasteiger partial charge on any atom is -0.350 e. The van der Waals surface area contributed by atoms with Gasteiger partial charge in [-0.3, -0.25) is 9.59 Å². The van der Waals surface area contributed by atoms with Crippen LogP contribution in [0.15, 0.2) is 10.2 Å². The lowest BCUT2D eigenvalue weighted by Gasteiger charge is -2.04. The Bertz CT molecular complexity index is 342.